The highest BCUT2D eigenvalue weighted by Gasteiger charge is 2.34. The average Bonchev–Trinajstić information content (AvgIpc) is 3.22. The highest BCUT2D eigenvalue weighted by Crippen LogP contribution is 2.34. The monoisotopic (exact) mass is 394 g/mol. The van der Waals surface area contributed by atoms with Crippen LogP contribution in [0.1, 0.15) is 5.76 Å². The maximum absolute atomic E-state index is 13.3. The first kappa shape index (κ1) is 18.2. The molecule has 3 rings (SSSR count). The number of rotatable bonds is 4. The predicted molar refractivity (Wildman–Crippen MR) is 95.5 cm³/mol. The van der Waals surface area contributed by atoms with Crippen LogP contribution in [0.25, 0.3) is 0 Å². The fraction of sp³-hybridized carbons (Fsp3) is 0.118. The van der Waals surface area contributed by atoms with Gasteiger partial charge in [0.15, 0.2) is 5.17 Å². The van der Waals surface area contributed by atoms with Gasteiger partial charge < -0.3 is 9.15 Å². The van der Waals surface area contributed by atoms with Crippen LogP contribution in [0.2, 0.25) is 5.02 Å². The lowest BCUT2D eigenvalue weighted by atomic mass is 10.3. The summed E-state index contributed by atoms with van der Waals surface area (Å²) in [5.41, 5.74) is 0.371. The third-order valence-corrected chi connectivity index (χ3v) is 4.66. The second-order valence-electron chi connectivity index (χ2n) is 5.10. The van der Waals surface area contributed by atoms with Gasteiger partial charge in [0.2, 0.25) is 0 Å². The van der Waals surface area contributed by atoms with Crippen LogP contribution in [0.3, 0.4) is 0 Å². The number of ether oxygens (including phenoxy) is 1. The smallest absolute Gasteiger partial charge is 0.331 e. The van der Waals surface area contributed by atoms with E-state index in [1.54, 1.807) is 12.1 Å². The largest absolute Gasteiger partial charge is 0.467 e. The van der Waals surface area contributed by atoms with E-state index in [9.17, 15) is 14.0 Å². The number of carbonyl (C=O) groups is 2. The van der Waals surface area contributed by atoms with Gasteiger partial charge in [-0.1, -0.05) is 11.6 Å². The molecule has 0 aliphatic carbocycles. The minimum atomic E-state index is -0.648. The van der Waals surface area contributed by atoms with Crippen LogP contribution < -0.4 is 0 Å². The molecule has 1 aliphatic rings. The Morgan fingerprint density at radius 1 is 1.46 bits per heavy atom. The first-order valence-corrected chi connectivity index (χ1v) is 8.53. The summed E-state index contributed by atoms with van der Waals surface area (Å²) in [7, 11) is 1.22. The van der Waals surface area contributed by atoms with Crippen LogP contribution in [0, 0.1) is 5.82 Å². The molecule has 1 saturated heterocycles. The molecule has 0 bridgehead atoms. The van der Waals surface area contributed by atoms with Crippen molar-refractivity contribution in [2.45, 2.75) is 6.54 Å². The molecule has 0 radical (unpaired) electrons. The Morgan fingerprint density at radius 3 is 2.92 bits per heavy atom. The van der Waals surface area contributed by atoms with Crippen molar-refractivity contribution < 1.29 is 23.1 Å². The molecule has 0 unspecified atom stereocenters. The Kier molecular flexibility index (Phi) is 5.43. The van der Waals surface area contributed by atoms with E-state index in [1.165, 1.54) is 36.5 Å². The zero-order chi connectivity index (χ0) is 18.7. The number of hydrogen-bond donors (Lipinski definition) is 0. The van der Waals surface area contributed by atoms with Crippen molar-refractivity contribution in [1.82, 2.24) is 4.90 Å². The van der Waals surface area contributed by atoms with E-state index in [0.717, 1.165) is 17.8 Å². The molecule has 1 aromatic carbocycles. The van der Waals surface area contributed by atoms with Gasteiger partial charge in [0.1, 0.15) is 11.6 Å². The Hall–Kier alpha value is -2.58. The molecule has 0 N–H and O–H groups in total. The number of furan rings is 1. The highest BCUT2D eigenvalue weighted by molar-refractivity contribution is 8.18. The Balaban J connectivity index is 1.97. The van der Waals surface area contributed by atoms with Gasteiger partial charge in [0.05, 0.1) is 35.5 Å². The maximum atomic E-state index is 13.3. The summed E-state index contributed by atoms with van der Waals surface area (Å²) in [6, 6.07) is 7.39. The number of halogens is 2. The number of carbonyl (C=O) groups excluding carboxylic acids is 2. The van der Waals surface area contributed by atoms with E-state index in [1.807, 2.05) is 0 Å². The van der Waals surface area contributed by atoms with Gasteiger partial charge >= 0.3 is 5.97 Å². The van der Waals surface area contributed by atoms with Gasteiger partial charge in [0.25, 0.3) is 5.91 Å². The van der Waals surface area contributed by atoms with E-state index < -0.39 is 17.7 Å². The van der Waals surface area contributed by atoms with Crippen molar-refractivity contribution >= 4 is 46.1 Å². The van der Waals surface area contributed by atoms with Crippen molar-refractivity contribution in [2.75, 3.05) is 7.11 Å². The first-order chi connectivity index (χ1) is 12.5. The van der Waals surface area contributed by atoms with Gasteiger partial charge in [-0.2, -0.15) is 0 Å². The summed E-state index contributed by atoms with van der Waals surface area (Å²) in [5.74, 6) is -1.08. The van der Waals surface area contributed by atoms with Gasteiger partial charge in [-0.05, 0) is 42.1 Å². The number of amidine groups is 1. The summed E-state index contributed by atoms with van der Waals surface area (Å²) in [6.07, 6.45) is 2.59. The lowest BCUT2D eigenvalue weighted by Gasteiger charge is -2.13. The second-order valence-corrected chi connectivity index (χ2v) is 6.51. The number of esters is 1. The molecular weight excluding hydrogens is 383 g/mol. The Labute approximate surface area is 157 Å². The summed E-state index contributed by atoms with van der Waals surface area (Å²) < 4.78 is 23.2. The topological polar surface area (TPSA) is 72.1 Å². The van der Waals surface area contributed by atoms with Crippen LogP contribution in [0.4, 0.5) is 10.1 Å². The zero-order valence-corrected chi connectivity index (χ0v) is 15.0. The molecule has 9 heteroatoms. The lowest BCUT2D eigenvalue weighted by molar-refractivity contribution is -0.135. The number of thioether (sulfide) groups is 1. The van der Waals surface area contributed by atoms with Crippen LogP contribution >= 0.6 is 23.4 Å². The average molecular weight is 395 g/mol. The summed E-state index contributed by atoms with van der Waals surface area (Å²) in [6.45, 7) is 0.130. The Morgan fingerprint density at radius 2 is 2.27 bits per heavy atom. The molecular formula is C17H12ClFN2O4S. The fourth-order valence-electron chi connectivity index (χ4n) is 2.12. The molecule has 134 valence electrons. The van der Waals surface area contributed by atoms with E-state index in [2.05, 4.69) is 9.73 Å². The van der Waals surface area contributed by atoms with E-state index >= 15 is 0 Å². The van der Waals surface area contributed by atoms with Crippen molar-refractivity contribution in [3.63, 3.8) is 0 Å². The van der Waals surface area contributed by atoms with Gasteiger partial charge in [-0.25, -0.2) is 14.2 Å². The summed E-state index contributed by atoms with van der Waals surface area (Å²) in [5, 5.41) is 0.230. The summed E-state index contributed by atoms with van der Waals surface area (Å²) >= 11 is 6.78. The SMILES string of the molecule is COC(=O)/C=C1\SC(=Nc2ccc(F)c(Cl)c2)N(Cc2ccco2)C1=O. The normalized spacial score (nSPS) is 17.3. The fourth-order valence-corrected chi connectivity index (χ4v) is 3.25. The molecule has 0 spiro atoms. The van der Waals surface area contributed by atoms with Gasteiger partial charge in [-0.15, -0.1) is 0 Å². The number of hydrogen-bond acceptors (Lipinski definition) is 6. The molecule has 26 heavy (non-hydrogen) atoms. The molecule has 2 heterocycles. The van der Waals surface area contributed by atoms with Crippen LogP contribution in [0.15, 0.2) is 57.0 Å². The van der Waals surface area contributed by atoms with Crippen LogP contribution in [-0.4, -0.2) is 29.1 Å². The lowest BCUT2D eigenvalue weighted by Crippen LogP contribution is -2.28. The third kappa shape index (κ3) is 3.97. The molecule has 1 amide bonds. The van der Waals surface area contributed by atoms with E-state index in [4.69, 9.17) is 16.0 Å². The third-order valence-electron chi connectivity index (χ3n) is 3.36. The molecule has 0 saturated carbocycles. The molecule has 6 nitrogen and oxygen atoms in total. The molecule has 1 fully saturated rings. The maximum Gasteiger partial charge on any atom is 0.331 e. The first-order valence-electron chi connectivity index (χ1n) is 7.33. The Bertz CT molecular complexity index is 911. The molecule has 0 atom stereocenters. The highest BCUT2D eigenvalue weighted by atomic mass is 35.5. The minimum Gasteiger partial charge on any atom is -0.467 e. The molecule has 2 aromatic rings. The quantitative estimate of drug-likeness (QED) is 0.581. The second kappa shape index (κ2) is 7.76. The van der Waals surface area contributed by atoms with Gasteiger partial charge in [-0.3, -0.25) is 9.69 Å². The summed E-state index contributed by atoms with van der Waals surface area (Å²) in [4.78, 5) is 30.0. The number of amides is 1. The number of methoxy groups -OCH3 is 1. The van der Waals surface area contributed by atoms with E-state index in [0.29, 0.717) is 16.6 Å². The van der Waals surface area contributed by atoms with Crippen molar-refractivity contribution in [3.8, 4) is 0 Å². The number of aliphatic imine (C=N–C) groups is 1. The molecule has 1 aromatic heterocycles. The number of nitrogens with zero attached hydrogens (tertiary/aromatic N) is 2. The standard InChI is InChI=1S/C17H12ClFN2O4S/c1-24-15(22)8-14-16(23)21(9-11-3-2-6-25-11)17(26-14)20-10-4-5-13(19)12(18)7-10/h2-8H,9H2,1H3/b14-8-,20-17?. The van der Waals surface area contributed by atoms with Crippen molar-refractivity contribution in [1.29, 1.82) is 0 Å². The van der Waals surface area contributed by atoms with Crippen LogP contribution in [0.5, 0.6) is 0 Å². The van der Waals surface area contributed by atoms with Crippen LogP contribution in [-0.2, 0) is 20.9 Å². The predicted octanol–water partition coefficient (Wildman–Crippen LogP) is 3.89. The van der Waals surface area contributed by atoms with Crippen molar-refractivity contribution in [2.24, 2.45) is 4.99 Å². The van der Waals surface area contributed by atoms with Gasteiger partial charge in [0, 0.05) is 6.08 Å². The van der Waals surface area contributed by atoms with E-state index in [-0.39, 0.29) is 16.5 Å². The number of benzene rings is 1. The minimum absolute atomic E-state index is 0.0796. The zero-order valence-electron chi connectivity index (χ0n) is 13.4. The van der Waals surface area contributed by atoms with Crippen molar-refractivity contribution in [3.05, 3.63) is 64.2 Å². The molecule has 1 aliphatic heterocycles.